The van der Waals surface area contributed by atoms with Gasteiger partial charge in [-0.2, -0.15) is 0 Å². The van der Waals surface area contributed by atoms with Crippen molar-refractivity contribution in [2.75, 3.05) is 7.05 Å². The largest absolute Gasteiger partial charge is 0.356 e. The number of thiophene rings is 1. The van der Waals surface area contributed by atoms with Crippen molar-refractivity contribution in [2.24, 2.45) is 0 Å². The Balaban J connectivity index is 2.71. The van der Waals surface area contributed by atoms with E-state index in [1.807, 2.05) is 24.9 Å². The number of rotatable bonds is 2. The average Bonchev–Trinajstić information content (AvgIpc) is 2.53. The van der Waals surface area contributed by atoms with Crippen LogP contribution in [0.3, 0.4) is 0 Å². The standard InChI is InChI=1S/C9H14N2S/c1-7(11(3)8(2)10)9-5-4-6-12-9/h4-7,10H,1-3H3. The molecule has 1 atom stereocenters. The number of amidine groups is 1. The topological polar surface area (TPSA) is 27.1 Å². The fraction of sp³-hybridized carbons (Fsp3) is 0.444. The Kier molecular flexibility index (Phi) is 2.87. The Morgan fingerprint density at radius 1 is 1.67 bits per heavy atom. The van der Waals surface area contributed by atoms with Crippen LogP contribution in [0.4, 0.5) is 0 Å². The summed E-state index contributed by atoms with van der Waals surface area (Å²) in [5.41, 5.74) is 0. The van der Waals surface area contributed by atoms with Crippen LogP contribution in [-0.4, -0.2) is 17.8 Å². The molecule has 0 saturated carbocycles. The van der Waals surface area contributed by atoms with Crippen LogP contribution >= 0.6 is 11.3 Å². The van der Waals surface area contributed by atoms with Gasteiger partial charge in [-0.25, -0.2) is 0 Å². The van der Waals surface area contributed by atoms with Crippen molar-refractivity contribution in [2.45, 2.75) is 19.9 Å². The maximum absolute atomic E-state index is 7.46. The van der Waals surface area contributed by atoms with Crippen LogP contribution in [0, 0.1) is 5.41 Å². The van der Waals surface area contributed by atoms with E-state index in [1.165, 1.54) is 4.88 Å². The molecule has 0 aromatic carbocycles. The second-order valence-electron chi connectivity index (χ2n) is 2.89. The lowest BCUT2D eigenvalue weighted by Gasteiger charge is -2.24. The predicted octanol–water partition coefficient (Wildman–Crippen LogP) is 2.74. The van der Waals surface area contributed by atoms with Gasteiger partial charge in [-0.3, -0.25) is 5.41 Å². The van der Waals surface area contributed by atoms with Gasteiger partial charge in [0.15, 0.2) is 0 Å². The van der Waals surface area contributed by atoms with Crippen LogP contribution in [0.5, 0.6) is 0 Å². The summed E-state index contributed by atoms with van der Waals surface area (Å²) in [6.07, 6.45) is 0. The zero-order valence-corrected chi connectivity index (χ0v) is 8.48. The molecule has 1 heterocycles. The summed E-state index contributed by atoms with van der Waals surface area (Å²) in [5.74, 6) is 0.607. The molecule has 1 unspecified atom stereocenters. The van der Waals surface area contributed by atoms with Crippen LogP contribution in [0.2, 0.25) is 0 Å². The monoisotopic (exact) mass is 182 g/mol. The highest BCUT2D eigenvalue weighted by Crippen LogP contribution is 2.22. The minimum atomic E-state index is 0.322. The molecule has 0 aliphatic carbocycles. The third-order valence-electron chi connectivity index (χ3n) is 2.06. The summed E-state index contributed by atoms with van der Waals surface area (Å²) in [5, 5.41) is 9.53. The first-order valence-electron chi connectivity index (χ1n) is 3.94. The van der Waals surface area contributed by atoms with Crippen LogP contribution in [0.15, 0.2) is 17.5 Å². The smallest absolute Gasteiger partial charge is 0.0928 e. The third-order valence-corrected chi connectivity index (χ3v) is 3.11. The Bertz CT molecular complexity index is 254. The van der Waals surface area contributed by atoms with Crippen LogP contribution in [0.1, 0.15) is 24.8 Å². The van der Waals surface area contributed by atoms with Crippen molar-refractivity contribution < 1.29 is 0 Å². The molecule has 1 aromatic rings. The quantitative estimate of drug-likeness (QED) is 0.552. The van der Waals surface area contributed by atoms with Crippen LogP contribution < -0.4 is 0 Å². The van der Waals surface area contributed by atoms with Crippen molar-refractivity contribution in [1.82, 2.24) is 4.90 Å². The van der Waals surface area contributed by atoms with E-state index in [4.69, 9.17) is 5.41 Å². The first-order chi connectivity index (χ1) is 5.63. The fourth-order valence-electron chi connectivity index (χ4n) is 1.01. The van der Waals surface area contributed by atoms with Crippen molar-refractivity contribution in [3.05, 3.63) is 22.4 Å². The summed E-state index contributed by atoms with van der Waals surface area (Å²) in [6, 6.07) is 4.47. The minimum Gasteiger partial charge on any atom is -0.356 e. The van der Waals surface area contributed by atoms with Crippen molar-refractivity contribution in [1.29, 1.82) is 5.41 Å². The number of nitrogens with zero attached hydrogens (tertiary/aromatic N) is 1. The molecule has 1 aromatic heterocycles. The minimum absolute atomic E-state index is 0.322. The lowest BCUT2D eigenvalue weighted by molar-refractivity contribution is 0.403. The van der Waals surface area contributed by atoms with E-state index < -0.39 is 0 Å². The molecule has 0 fully saturated rings. The van der Waals surface area contributed by atoms with Crippen LogP contribution in [-0.2, 0) is 0 Å². The van der Waals surface area contributed by atoms with Gasteiger partial charge in [-0.15, -0.1) is 11.3 Å². The van der Waals surface area contributed by atoms with E-state index in [1.54, 1.807) is 11.3 Å². The number of nitrogens with one attached hydrogen (secondary N) is 1. The molecule has 0 aliphatic heterocycles. The second-order valence-corrected chi connectivity index (χ2v) is 3.87. The highest BCUT2D eigenvalue weighted by atomic mass is 32.1. The molecule has 0 amide bonds. The van der Waals surface area contributed by atoms with Crippen molar-refractivity contribution >= 4 is 17.2 Å². The molecular formula is C9H14N2S. The number of hydrogen-bond donors (Lipinski definition) is 1. The van der Waals surface area contributed by atoms with Gasteiger partial charge in [0, 0.05) is 11.9 Å². The lowest BCUT2D eigenvalue weighted by Crippen LogP contribution is -2.25. The van der Waals surface area contributed by atoms with Crippen molar-refractivity contribution in [3.8, 4) is 0 Å². The van der Waals surface area contributed by atoms with E-state index in [-0.39, 0.29) is 0 Å². The zero-order chi connectivity index (χ0) is 9.14. The molecule has 12 heavy (non-hydrogen) atoms. The molecule has 66 valence electrons. The molecule has 0 radical (unpaired) electrons. The van der Waals surface area contributed by atoms with Gasteiger partial charge in [-0.05, 0) is 25.3 Å². The second kappa shape index (κ2) is 3.72. The van der Waals surface area contributed by atoms with Gasteiger partial charge in [0.05, 0.1) is 11.9 Å². The fourth-order valence-corrected chi connectivity index (χ4v) is 1.84. The third kappa shape index (κ3) is 1.85. The van der Waals surface area contributed by atoms with E-state index in [0.717, 1.165) is 0 Å². The van der Waals surface area contributed by atoms with E-state index in [9.17, 15) is 0 Å². The summed E-state index contributed by atoms with van der Waals surface area (Å²) in [6.45, 7) is 3.92. The van der Waals surface area contributed by atoms with E-state index >= 15 is 0 Å². The highest BCUT2D eigenvalue weighted by molar-refractivity contribution is 7.10. The molecule has 2 nitrogen and oxygen atoms in total. The molecule has 3 heteroatoms. The van der Waals surface area contributed by atoms with Gasteiger partial charge < -0.3 is 4.90 Å². The Morgan fingerprint density at radius 2 is 2.33 bits per heavy atom. The molecule has 0 spiro atoms. The Labute approximate surface area is 77.3 Å². The zero-order valence-electron chi connectivity index (χ0n) is 7.66. The molecule has 0 saturated heterocycles. The van der Waals surface area contributed by atoms with Gasteiger partial charge >= 0.3 is 0 Å². The Hall–Kier alpha value is -0.830. The van der Waals surface area contributed by atoms with Crippen molar-refractivity contribution in [3.63, 3.8) is 0 Å². The van der Waals surface area contributed by atoms with E-state index in [2.05, 4.69) is 18.4 Å². The molecular weight excluding hydrogens is 168 g/mol. The van der Waals surface area contributed by atoms with Gasteiger partial charge in [-0.1, -0.05) is 6.07 Å². The molecule has 0 aliphatic rings. The van der Waals surface area contributed by atoms with Gasteiger partial charge in [0.1, 0.15) is 0 Å². The molecule has 1 rings (SSSR count). The number of hydrogen-bond acceptors (Lipinski definition) is 2. The van der Waals surface area contributed by atoms with E-state index in [0.29, 0.717) is 11.9 Å². The summed E-state index contributed by atoms with van der Waals surface area (Å²) in [7, 11) is 1.95. The first kappa shape index (κ1) is 9.26. The lowest BCUT2D eigenvalue weighted by atomic mass is 10.2. The summed E-state index contributed by atoms with van der Waals surface area (Å²) in [4.78, 5) is 3.27. The summed E-state index contributed by atoms with van der Waals surface area (Å²) < 4.78 is 0. The Morgan fingerprint density at radius 3 is 2.75 bits per heavy atom. The maximum Gasteiger partial charge on any atom is 0.0928 e. The normalized spacial score (nSPS) is 12.6. The highest BCUT2D eigenvalue weighted by Gasteiger charge is 2.11. The average molecular weight is 182 g/mol. The molecule has 1 N–H and O–H groups in total. The predicted molar refractivity (Wildman–Crippen MR) is 53.9 cm³/mol. The maximum atomic E-state index is 7.46. The van der Waals surface area contributed by atoms with Crippen LogP contribution in [0.25, 0.3) is 0 Å². The molecule has 0 bridgehead atoms. The SMILES string of the molecule is CC(=N)N(C)C(C)c1cccs1. The van der Waals surface area contributed by atoms with Gasteiger partial charge in [0.2, 0.25) is 0 Å². The first-order valence-corrected chi connectivity index (χ1v) is 4.82. The summed E-state index contributed by atoms with van der Waals surface area (Å²) >= 11 is 1.74. The van der Waals surface area contributed by atoms with Gasteiger partial charge in [0.25, 0.3) is 0 Å².